The normalized spacial score (nSPS) is 15.5. The van der Waals surface area contributed by atoms with Crippen LogP contribution in [0.1, 0.15) is 15.9 Å². The molecule has 6 nitrogen and oxygen atoms in total. The van der Waals surface area contributed by atoms with Crippen molar-refractivity contribution in [2.45, 2.75) is 6.92 Å². The molecule has 0 spiro atoms. The second kappa shape index (κ2) is 6.66. The number of likely N-dealkylation sites (N-methyl/N-ethyl adjacent to an activating group) is 1. The van der Waals surface area contributed by atoms with Crippen LogP contribution in [0.5, 0.6) is 0 Å². The maximum atomic E-state index is 12.1. The fraction of sp³-hybridized carbons (Fsp3) is 0.316. The summed E-state index contributed by atoms with van der Waals surface area (Å²) in [7, 11) is 2.08. The van der Waals surface area contributed by atoms with E-state index in [0.717, 1.165) is 48.6 Å². The van der Waals surface area contributed by atoms with E-state index in [9.17, 15) is 9.90 Å². The van der Waals surface area contributed by atoms with Crippen molar-refractivity contribution in [3.05, 3.63) is 40.3 Å². The number of aromatic carboxylic acids is 1. The Labute approximate surface area is 155 Å². The standard InChI is InChI=1S/C19H20N4O2S/c1-12-10-26-11-14(12)13-9-15(23-7-5-22(2)6-8-23)16(19(24)25)18-17(13)20-3-4-21-18/h3-4,9-11H,5-8H2,1-2H3,(H,24,25). The van der Waals surface area contributed by atoms with E-state index in [0.29, 0.717) is 11.0 Å². The fourth-order valence-corrected chi connectivity index (χ4v) is 4.31. The van der Waals surface area contributed by atoms with E-state index < -0.39 is 5.97 Å². The SMILES string of the molecule is Cc1cscc1-c1cc(N2CCN(C)CC2)c(C(=O)O)c2nccnc12. The topological polar surface area (TPSA) is 69.6 Å². The summed E-state index contributed by atoms with van der Waals surface area (Å²) < 4.78 is 0. The Balaban J connectivity index is 1.99. The molecule has 1 aromatic carbocycles. The van der Waals surface area contributed by atoms with Crippen LogP contribution in [-0.2, 0) is 0 Å². The average molecular weight is 368 g/mol. The van der Waals surface area contributed by atoms with Crippen LogP contribution in [-0.4, -0.2) is 59.2 Å². The summed E-state index contributed by atoms with van der Waals surface area (Å²) in [6, 6.07) is 1.99. The van der Waals surface area contributed by atoms with Gasteiger partial charge in [-0.15, -0.1) is 0 Å². The number of aryl methyl sites for hydroxylation is 1. The highest BCUT2D eigenvalue weighted by Crippen LogP contribution is 2.38. The van der Waals surface area contributed by atoms with Gasteiger partial charge in [-0.2, -0.15) is 11.3 Å². The van der Waals surface area contributed by atoms with Gasteiger partial charge in [0.15, 0.2) is 0 Å². The Morgan fingerprint density at radius 2 is 1.77 bits per heavy atom. The van der Waals surface area contributed by atoms with Crippen molar-refractivity contribution in [2.24, 2.45) is 0 Å². The van der Waals surface area contributed by atoms with Crippen molar-refractivity contribution < 1.29 is 9.90 Å². The van der Waals surface area contributed by atoms with Gasteiger partial charge in [0.2, 0.25) is 0 Å². The molecule has 1 fully saturated rings. The lowest BCUT2D eigenvalue weighted by atomic mass is 9.98. The number of fused-ring (bicyclic) bond motifs is 1. The number of hydrogen-bond donors (Lipinski definition) is 1. The van der Waals surface area contributed by atoms with Crippen molar-refractivity contribution in [1.82, 2.24) is 14.9 Å². The van der Waals surface area contributed by atoms with Crippen LogP contribution in [0.15, 0.2) is 29.2 Å². The highest BCUT2D eigenvalue weighted by Gasteiger charge is 2.26. The van der Waals surface area contributed by atoms with Gasteiger partial charge in [-0.25, -0.2) is 4.79 Å². The first-order valence-corrected chi connectivity index (χ1v) is 9.48. The van der Waals surface area contributed by atoms with Gasteiger partial charge < -0.3 is 14.9 Å². The zero-order chi connectivity index (χ0) is 18.3. The number of nitrogens with zero attached hydrogens (tertiary/aromatic N) is 4. The second-order valence-corrected chi connectivity index (χ2v) is 7.38. The molecule has 0 amide bonds. The third-order valence-corrected chi connectivity index (χ3v) is 5.79. The van der Waals surface area contributed by atoms with Gasteiger partial charge in [0, 0.05) is 44.1 Å². The number of hydrogen-bond acceptors (Lipinski definition) is 6. The first-order chi connectivity index (χ1) is 12.6. The molecule has 0 aliphatic carbocycles. The van der Waals surface area contributed by atoms with Gasteiger partial charge in [-0.05, 0) is 41.9 Å². The predicted molar refractivity (Wildman–Crippen MR) is 104 cm³/mol. The molecule has 1 aliphatic heterocycles. The monoisotopic (exact) mass is 368 g/mol. The van der Waals surface area contributed by atoms with Gasteiger partial charge in [0.25, 0.3) is 0 Å². The van der Waals surface area contributed by atoms with Crippen molar-refractivity contribution in [2.75, 3.05) is 38.1 Å². The van der Waals surface area contributed by atoms with Gasteiger partial charge in [-0.1, -0.05) is 0 Å². The zero-order valence-electron chi connectivity index (χ0n) is 14.8. The number of carboxylic acid groups (broad SMARTS) is 1. The third-order valence-electron chi connectivity index (χ3n) is 4.93. The Bertz CT molecular complexity index is 977. The molecule has 26 heavy (non-hydrogen) atoms. The molecule has 0 bridgehead atoms. The molecule has 1 saturated heterocycles. The van der Waals surface area contributed by atoms with Crippen molar-refractivity contribution in [1.29, 1.82) is 0 Å². The molecule has 0 radical (unpaired) electrons. The number of rotatable bonds is 3. The van der Waals surface area contributed by atoms with E-state index in [-0.39, 0.29) is 5.56 Å². The minimum atomic E-state index is -0.960. The van der Waals surface area contributed by atoms with Crippen LogP contribution < -0.4 is 4.90 Å². The number of carboxylic acids is 1. The van der Waals surface area contributed by atoms with Crippen LogP contribution in [0, 0.1) is 6.92 Å². The van der Waals surface area contributed by atoms with Crippen molar-refractivity contribution >= 4 is 34.0 Å². The summed E-state index contributed by atoms with van der Waals surface area (Å²) in [5.41, 5.74) is 5.28. The number of aromatic nitrogens is 2. The largest absolute Gasteiger partial charge is 0.478 e. The molecule has 1 aliphatic rings. The Kier molecular flexibility index (Phi) is 4.34. The number of benzene rings is 1. The molecule has 0 unspecified atom stereocenters. The summed E-state index contributed by atoms with van der Waals surface area (Å²) >= 11 is 1.64. The molecular formula is C19H20N4O2S. The number of carbonyl (C=O) groups is 1. The number of anilines is 1. The minimum absolute atomic E-state index is 0.245. The van der Waals surface area contributed by atoms with E-state index in [1.807, 2.05) is 6.07 Å². The fourth-order valence-electron chi connectivity index (χ4n) is 3.47. The van der Waals surface area contributed by atoms with Crippen LogP contribution in [0.3, 0.4) is 0 Å². The van der Waals surface area contributed by atoms with Crippen LogP contribution in [0.4, 0.5) is 5.69 Å². The van der Waals surface area contributed by atoms with Gasteiger partial charge in [-0.3, -0.25) is 9.97 Å². The average Bonchev–Trinajstić information content (AvgIpc) is 3.06. The predicted octanol–water partition coefficient (Wildman–Crippen LogP) is 3.12. The van der Waals surface area contributed by atoms with Gasteiger partial charge >= 0.3 is 5.97 Å². The van der Waals surface area contributed by atoms with Gasteiger partial charge in [0.05, 0.1) is 11.2 Å². The molecule has 7 heteroatoms. The van der Waals surface area contributed by atoms with Gasteiger partial charge in [0.1, 0.15) is 11.1 Å². The minimum Gasteiger partial charge on any atom is -0.478 e. The van der Waals surface area contributed by atoms with Crippen LogP contribution >= 0.6 is 11.3 Å². The highest BCUT2D eigenvalue weighted by molar-refractivity contribution is 7.08. The quantitative estimate of drug-likeness (QED) is 0.766. The summed E-state index contributed by atoms with van der Waals surface area (Å²) in [4.78, 5) is 25.4. The van der Waals surface area contributed by atoms with E-state index in [1.165, 1.54) is 0 Å². The lowest BCUT2D eigenvalue weighted by Gasteiger charge is -2.35. The summed E-state index contributed by atoms with van der Waals surface area (Å²) in [6.07, 6.45) is 3.18. The first-order valence-electron chi connectivity index (χ1n) is 8.54. The molecule has 0 atom stereocenters. The Morgan fingerprint density at radius 1 is 1.08 bits per heavy atom. The lowest BCUT2D eigenvalue weighted by Crippen LogP contribution is -2.45. The molecule has 3 heterocycles. The Hall–Kier alpha value is -2.51. The Morgan fingerprint density at radius 3 is 2.38 bits per heavy atom. The highest BCUT2D eigenvalue weighted by atomic mass is 32.1. The van der Waals surface area contributed by atoms with Crippen LogP contribution in [0.2, 0.25) is 0 Å². The van der Waals surface area contributed by atoms with E-state index in [4.69, 9.17) is 0 Å². The van der Waals surface area contributed by atoms with E-state index in [2.05, 4.69) is 44.5 Å². The lowest BCUT2D eigenvalue weighted by molar-refractivity contribution is 0.0699. The first kappa shape index (κ1) is 16.9. The third kappa shape index (κ3) is 2.83. The maximum absolute atomic E-state index is 12.1. The number of piperazine rings is 1. The molecule has 3 aromatic rings. The van der Waals surface area contributed by atoms with E-state index >= 15 is 0 Å². The van der Waals surface area contributed by atoms with E-state index in [1.54, 1.807) is 23.7 Å². The van der Waals surface area contributed by atoms with Crippen molar-refractivity contribution in [3.8, 4) is 11.1 Å². The summed E-state index contributed by atoms with van der Waals surface area (Å²) in [5.74, 6) is -0.960. The molecule has 1 N–H and O–H groups in total. The second-order valence-electron chi connectivity index (χ2n) is 6.64. The summed E-state index contributed by atoms with van der Waals surface area (Å²) in [6.45, 7) is 5.47. The van der Waals surface area contributed by atoms with Crippen LogP contribution in [0.25, 0.3) is 22.2 Å². The zero-order valence-corrected chi connectivity index (χ0v) is 15.6. The molecule has 0 saturated carbocycles. The summed E-state index contributed by atoms with van der Waals surface area (Å²) in [5, 5.41) is 14.1. The molecule has 4 rings (SSSR count). The van der Waals surface area contributed by atoms with Crippen molar-refractivity contribution in [3.63, 3.8) is 0 Å². The smallest absolute Gasteiger partial charge is 0.340 e. The molecule has 134 valence electrons. The number of thiophene rings is 1. The maximum Gasteiger partial charge on any atom is 0.340 e. The molecule has 2 aromatic heterocycles. The molecular weight excluding hydrogens is 348 g/mol.